The van der Waals surface area contributed by atoms with Gasteiger partial charge in [0.1, 0.15) is 0 Å². The molecule has 1 heterocycles. The zero-order valence-corrected chi connectivity index (χ0v) is 11.6. The van der Waals surface area contributed by atoms with Crippen LogP contribution in [0.4, 0.5) is 0 Å². The number of hydrogen-bond donors (Lipinski definition) is 1. The molecule has 1 N–H and O–H groups in total. The molecular weight excluding hydrogens is 272 g/mol. The number of halogens is 1. The average molecular weight is 285 g/mol. The Labute approximate surface area is 114 Å². The van der Waals surface area contributed by atoms with E-state index < -0.39 is 5.60 Å². The molecule has 0 radical (unpaired) electrons. The molecule has 2 aromatic rings. The van der Waals surface area contributed by atoms with Crippen molar-refractivity contribution in [1.29, 1.82) is 0 Å². The number of rotatable bonds is 4. The topological polar surface area (TPSA) is 59.2 Å². The molecule has 0 atom stereocenters. The number of benzene rings is 1. The number of thioether (sulfide) groups is 1. The quantitative estimate of drug-likeness (QED) is 0.873. The minimum Gasteiger partial charge on any atom is -0.411 e. The highest BCUT2D eigenvalue weighted by Gasteiger charge is 2.17. The van der Waals surface area contributed by atoms with Gasteiger partial charge in [0, 0.05) is 5.75 Å². The van der Waals surface area contributed by atoms with Crippen LogP contribution in [0.3, 0.4) is 0 Å². The van der Waals surface area contributed by atoms with Gasteiger partial charge in [-0.2, -0.15) is 0 Å². The normalized spacial score (nSPS) is 11.8. The Morgan fingerprint density at radius 1 is 1.33 bits per heavy atom. The van der Waals surface area contributed by atoms with Crippen LogP contribution in [-0.2, 0) is 0 Å². The first kappa shape index (κ1) is 13.4. The van der Waals surface area contributed by atoms with Crippen LogP contribution in [0.15, 0.2) is 33.9 Å². The molecule has 0 bridgehead atoms. The van der Waals surface area contributed by atoms with Crippen molar-refractivity contribution in [1.82, 2.24) is 10.2 Å². The Morgan fingerprint density at radius 2 is 2.06 bits per heavy atom. The summed E-state index contributed by atoms with van der Waals surface area (Å²) < 4.78 is 5.49. The van der Waals surface area contributed by atoms with Crippen LogP contribution in [0.1, 0.15) is 13.8 Å². The van der Waals surface area contributed by atoms with E-state index in [2.05, 4.69) is 10.2 Å². The lowest BCUT2D eigenvalue weighted by Gasteiger charge is -2.13. The van der Waals surface area contributed by atoms with Crippen LogP contribution in [-0.4, -0.2) is 26.7 Å². The van der Waals surface area contributed by atoms with Gasteiger partial charge in [0.15, 0.2) is 0 Å². The van der Waals surface area contributed by atoms with Gasteiger partial charge in [-0.1, -0.05) is 35.5 Å². The first-order valence-corrected chi connectivity index (χ1v) is 6.76. The van der Waals surface area contributed by atoms with Gasteiger partial charge in [0.05, 0.1) is 16.2 Å². The molecule has 0 aliphatic carbocycles. The third kappa shape index (κ3) is 3.48. The second kappa shape index (κ2) is 5.30. The first-order valence-electron chi connectivity index (χ1n) is 5.39. The fourth-order valence-electron chi connectivity index (χ4n) is 1.25. The van der Waals surface area contributed by atoms with Crippen molar-refractivity contribution < 1.29 is 9.52 Å². The summed E-state index contributed by atoms with van der Waals surface area (Å²) in [6.45, 7) is 3.46. The summed E-state index contributed by atoms with van der Waals surface area (Å²) in [5, 5.41) is 18.5. The average Bonchev–Trinajstić information content (AvgIpc) is 2.75. The van der Waals surface area contributed by atoms with Gasteiger partial charge in [-0.15, -0.1) is 10.2 Å². The highest BCUT2D eigenvalue weighted by molar-refractivity contribution is 7.99. The molecule has 0 amide bonds. The zero-order chi connectivity index (χ0) is 13.2. The van der Waals surface area contributed by atoms with Crippen molar-refractivity contribution >= 4 is 23.4 Å². The molecule has 4 nitrogen and oxygen atoms in total. The SMILES string of the molecule is CC(C)(O)CSc1nnc(-c2ccccc2Cl)o1. The second-order valence-corrected chi connectivity index (χ2v) is 5.79. The Morgan fingerprint density at radius 3 is 2.72 bits per heavy atom. The van der Waals surface area contributed by atoms with Crippen LogP contribution in [0.2, 0.25) is 5.02 Å². The van der Waals surface area contributed by atoms with Gasteiger partial charge >= 0.3 is 0 Å². The van der Waals surface area contributed by atoms with Gasteiger partial charge in [0.2, 0.25) is 5.89 Å². The van der Waals surface area contributed by atoms with Crippen molar-refractivity contribution in [2.75, 3.05) is 5.75 Å². The minimum atomic E-state index is -0.774. The summed E-state index contributed by atoms with van der Waals surface area (Å²) in [7, 11) is 0. The maximum absolute atomic E-state index is 9.62. The van der Waals surface area contributed by atoms with E-state index in [1.54, 1.807) is 19.9 Å². The van der Waals surface area contributed by atoms with Crippen LogP contribution in [0.25, 0.3) is 11.5 Å². The second-order valence-electron chi connectivity index (χ2n) is 4.45. The smallest absolute Gasteiger partial charge is 0.276 e. The van der Waals surface area contributed by atoms with Crippen LogP contribution in [0.5, 0.6) is 0 Å². The molecule has 6 heteroatoms. The number of nitrogens with zero attached hydrogens (tertiary/aromatic N) is 2. The van der Waals surface area contributed by atoms with Gasteiger partial charge in [-0.05, 0) is 26.0 Å². The fourth-order valence-corrected chi connectivity index (χ4v) is 2.18. The predicted molar refractivity (Wildman–Crippen MR) is 71.8 cm³/mol. The molecule has 1 aromatic carbocycles. The molecule has 1 aromatic heterocycles. The lowest BCUT2D eigenvalue weighted by molar-refractivity contribution is 0.106. The fraction of sp³-hybridized carbons (Fsp3) is 0.333. The van der Waals surface area contributed by atoms with E-state index in [0.717, 1.165) is 0 Å². The Bertz CT molecular complexity index is 537. The van der Waals surface area contributed by atoms with Gasteiger partial charge in [-0.25, -0.2) is 0 Å². The van der Waals surface area contributed by atoms with Crippen LogP contribution in [0, 0.1) is 0 Å². The van der Waals surface area contributed by atoms with E-state index in [-0.39, 0.29) is 0 Å². The Kier molecular flexibility index (Phi) is 3.94. The van der Waals surface area contributed by atoms with E-state index in [0.29, 0.717) is 27.5 Å². The highest BCUT2D eigenvalue weighted by atomic mass is 35.5. The summed E-state index contributed by atoms with van der Waals surface area (Å²) in [4.78, 5) is 0. The number of hydrogen-bond acceptors (Lipinski definition) is 5. The minimum absolute atomic E-state index is 0.388. The van der Waals surface area contributed by atoms with Crippen LogP contribution >= 0.6 is 23.4 Å². The lowest BCUT2D eigenvalue weighted by Crippen LogP contribution is -2.21. The van der Waals surface area contributed by atoms with E-state index in [1.807, 2.05) is 18.2 Å². The molecular formula is C12H13ClN2O2S. The van der Waals surface area contributed by atoms with Crippen molar-refractivity contribution in [3.8, 4) is 11.5 Å². The molecule has 0 aliphatic heterocycles. The Hall–Kier alpha value is -1.04. The van der Waals surface area contributed by atoms with Gasteiger partial charge in [0.25, 0.3) is 5.22 Å². The first-order chi connectivity index (χ1) is 8.46. The Balaban J connectivity index is 2.14. The molecule has 96 valence electrons. The molecule has 0 unspecified atom stereocenters. The predicted octanol–water partition coefficient (Wildman–Crippen LogP) is 3.25. The maximum atomic E-state index is 9.62. The molecule has 0 fully saturated rings. The third-order valence-electron chi connectivity index (χ3n) is 2.06. The van der Waals surface area contributed by atoms with Crippen molar-refractivity contribution in [3.63, 3.8) is 0 Å². The molecule has 18 heavy (non-hydrogen) atoms. The lowest BCUT2D eigenvalue weighted by atomic mass is 10.2. The highest BCUT2D eigenvalue weighted by Crippen LogP contribution is 2.29. The number of aliphatic hydroxyl groups is 1. The summed E-state index contributed by atoms with van der Waals surface area (Å²) in [6.07, 6.45) is 0. The van der Waals surface area contributed by atoms with E-state index in [1.165, 1.54) is 11.8 Å². The molecule has 0 aliphatic rings. The van der Waals surface area contributed by atoms with Gasteiger partial charge < -0.3 is 9.52 Å². The molecule has 0 spiro atoms. The molecule has 0 saturated carbocycles. The van der Waals surface area contributed by atoms with Gasteiger partial charge in [-0.3, -0.25) is 0 Å². The van der Waals surface area contributed by atoms with Crippen LogP contribution < -0.4 is 0 Å². The van der Waals surface area contributed by atoms with E-state index in [9.17, 15) is 5.11 Å². The summed E-state index contributed by atoms with van der Waals surface area (Å²) in [6, 6.07) is 7.28. The standard InChI is InChI=1S/C12H13ClN2O2S/c1-12(2,16)7-18-11-15-14-10(17-11)8-5-3-4-6-9(8)13/h3-6,16H,7H2,1-2H3. The van der Waals surface area contributed by atoms with E-state index in [4.69, 9.17) is 16.0 Å². The van der Waals surface area contributed by atoms with Crippen molar-refractivity contribution in [3.05, 3.63) is 29.3 Å². The molecule has 0 saturated heterocycles. The summed E-state index contributed by atoms with van der Waals surface area (Å²) in [5.41, 5.74) is -0.0641. The maximum Gasteiger partial charge on any atom is 0.276 e. The van der Waals surface area contributed by atoms with E-state index >= 15 is 0 Å². The van der Waals surface area contributed by atoms with Crippen molar-refractivity contribution in [2.24, 2.45) is 0 Å². The van der Waals surface area contributed by atoms with Crippen molar-refractivity contribution in [2.45, 2.75) is 24.7 Å². The summed E-state index contributed by atoms with van der Waals surface area (Å²) >= 11 is 7.36. The summed E-state index contributed by atoms with van der Waals surface area (Å²) in [5.74, 6) is 0.871. The number of aromatic nitrogens is 2. The molecule has 2 rings (SSSR count). The monoisotopic (exact) mass is 284 g/mol. The third-order valence-corrected chi connectivity index (χ3v) is 3.65. The largest absolute Gasteiger partial charge is 0.411 e. The zero-order valence-electron chi connectivity index (χ0n) is 10.1.